The zero-order valence-corrected chi connectivity index (χ0v) is 17.8. The van der Waals surface area contributed by atoms with E-state index in [1.54, 1.807) is 6.20 Å². The van der Waals surface area contributed by atoms with Crippen LogP contribution in [-0.4, -0.2) is 40.3 Å². The van der Waals surface area contributed by atoms with E-state index in [0.29, 0.717) is 6.04 Å². The highest BCUT2D eigenvalue weighted by molar-refractivity contribution is 9.10. The number of piperidine rings is 1. The summed E-state index contributed by atoms with van der Waals surface area (Å²) in [5, 5.41) is 7.18. The van der Waals surface area contributed by atoms with Gasteiger partial charge in [-0.15, -0.1) is 0 Å². The largest absolute Gasteiger partial charge is 0.483 e. The van der Waals surface area contributed by atoms with Gasteiger partial charge in [-0.05, 0) is 61.2 Å². The number of H-pyrrole nitrogens is 1. The third-order valence-corrected chi connectivity index (χ3v) is 6.58. The molecule has 0 spiro atoms. The van der Waals surface area contributed by atoms with Gasteiger partial charge in [0, 0.05) is 28.8 Å². The molecule has 1 aliphatic heterocycles. The van der Waals surface area contributed by atoms with Crippen LogP contribution in [-0.2, 0) is 6.42 Å². The van der Waals surface area contributed by atoms with E-state index in [4.69, 9.17) is 10.5 Å². The second-order valence-electron chi connectivity index (χ2n) is 8.02. The summed E-state index contributed by atoms with van der Waals surface area (Å²) >= 11 is 3.59. The Kier molecular flexibility index (Phi) is 5.16. The fourth-order valence-electron chi connectivity index (χ4n) is 4.70. The topological polar surface area (TPSA) is 67.2 Å². The number of nitrogens with two attached hydrogens (primary N) is 1. The molecule has 29 heavy (non-hydrogen) atoms. The first-order chi connectivity index (χ1) is 14.2. The SMILES string of the molecule is NC1CCCN(C2Cc3ccccc3C2Oc2ccc(Br)cc2-c2ccn[nH]2)C1. The van der Waals surface area contributed by atoms with Crippen LogP contribution in [0, 0.1) is 0 Å². The van der Waals surface area contributed by atoms with Crippen LogP contribution < -0.4 is 10.5 Å². The summed E-state index contributed by atoms with van der Waals surface area (Å²) in [6, 6.07) is 17.3. The molecule has 1 aromatic heterocycles. The van der Waals surface area contributed by atoms with Gasteiger partial charge < -0.3 is 10.5 Å². The van der Waals surface area contributed by atoms with Crippen LogP contribution in [0.1, 0.15) is 30.1 Å². The quantitative estimate of drug-likeness (QED) is 0.618. The van der Waals surface area contributed by atoms with Crippen LogP contribution in [0.5, 0.6) is 5.75 Å². The predicted molar refractivity (Wildman–Crippen MR) is 118 cm³/mol. The Hall–Kier alpha value is -2.15. The van der Waals surface area contributed by atoms with Crippen molar-refractivity contribution in [2.24, 2.45) is 5.73 Å². The Morgan fingerprint density at radius 3 is 2.90 bits per heavy atom. The summed E-state index contributed by atoms with van der Waals surface area (Å²) in [4.78, 5) is 2.54. The van der Waals surface area contributed by atoms with Crippen LogP contribution >= 0.6 is 15.9 Å². The molecule has 5 rings (SSSR count). The van der Waals surface area contributed by atoms with E-state index in [1.165, 1.54) is 11.1 Å². The highest BCUT2D eigenvalue weighted by Gasteiger charge is 2.39. The number of nitrogens with zero attached hydrogens (tertiary/aromatic N) is 2. The van der Waals surface area contributed by atoms with Gasteiger partial charge in [0.15, 0.2) is 0 Å². The molecule has 0 saturated carbocycles. The number of hydrogen-bond donors (Lipinski definition) is 2. The summed E-state index contributed by atoms with van der Waals surface area (Å²) in [7, 11) is 0. The Bertz CT molecular complexity index is 990. The van der Waals surface area contributed by atoms with Gasteiger partial charge >= 0.3 is 0 Å². The fraction of sp³-hybridized carbons (Fsp3) is 0.348. The zero-order valence-electron chi connectivity index (χ0n) is 16.2. The Morgan fingerprint density at radius 2 is 2.07 bits per heavy atom. The van der Waals surface area contributed by atoms with Crippen LogP contribution in [0.15, 0.2) is 59.2 Å². The molecule has 150 valence electrons. The van der Waals surface area contributed by atoms with Crippen molar-refractivity contribution in [3.63, 3.8) is 0 Å². The van der Waals surface area contributed by atoms with E-state index in [9.17, 15) is 0 Å². The van der Waals surface area contributed by atoms with Crippen molar-refractivity contribution in [3.05, 3.63) is 70.3 Å². The summed E-state index contributed by atoms with van der Waals surface area (Å²) in [6.07, 6.45) is 5.02. The molecule has 0 radical (unpaired) electrons. The molecule has 6 heteroatoms. The molecule has 0 amide bonds. The van der Waals surface area contributed by atoms with Crippen LogP contribution in [0.2, 0.25) is 0 Å². The van der Waals surface area contributed by atoms with E-state index in [1.807, 2.05) is 18.2 Å². The zero-order chi connectivity index (χ0) is 19.8. The lowest BCUT2D eigenvalue weighted by Gasteiger charge is -2.38. The molecular weight excluding hydrogens is 428 g/mol. The molecular formula is C23H25BrN4O. The second kappa shape index (κ2) is 7.94. The Morgan fingerprint density at radius 1 is 1.17 bits per heavy atom. The van der Waals surface area contributed by atoms with Crippen molar-refractivity contribution in [3.8, 4) is 17.0 Å². The molecule has 2 aliphatic rings. The number of rotatable bonds is 4. The number of ether oxygens (including phenoxy) is 1. The molecule has 5 nitrogen and oxygen atoms in total. The van der Waals surface area contributed by atoms with Crippen molar-refractivity contribution in [1.29, 1.82) is 0 Å². The molecule has 0 bridgehead atoms. The first-order valence-corrected chi connectivity index (χ1v) is 11.0. The van der Waals surface area contributed by atoms with Crippen molar-refractivity contribution in [2.45, 2.75) is 37.5 Å². The van der Waals surface area contributed by atoms with E-state index < -0.39 is 0 Å². The van der Waals surface area contributed by atoms with Gasteiger partial charge in [-0.25, -0.2) is 0 Å². The maximum atomic E-state index is 6.76. The number of nitrogens with one attached hydrogen (secondary N) is 1. The maximum Gasteiger partial charge on any atom is 0.140 e. The van der Waals surface area contributed by atoms with Gasteiger partial charge in [-0.1, -0.05) is 40.2 Å². The summed E-state index contributed by atoms with van der Waals surface area (Å²) in [5.41, 5.74) is 10.9. The summed E-state index contributed by atoms with van der Waals surface area (Å²) in [6.45, 7) is 2.02. The number of hydrogen-bond acceptors (Lipinski definition) is 4. The highest BCUT2D eigenvalue weighted by atomic mass is 79.9. The van der Waals surface area contributed by atoms with Crippen molar-refractivity contribution < 1.29 is 4.74 Å². The van der Waals surface area contributed by atoms with Crippen LogP contribution in [0.3, 0.4) is 0 Å². The normalized spacial score (nSPS) is 24.4. The lowest BCUT2D eigenvalue weighted by molar-refractivity contribution is 0.0596. The van der Waals surface area contributed by atoms with Crippen molar-refractivity contribution in [1.82, 2.24) is 15.1 Å². The smallest absolute Gasteiger partial charge is 0.140 e. The number of benzene rings is 2. The Balaban J connectivity index is 1.51. The van der Waals surface area contributed by atoms with Crippen LogP contribution in [0.4, 0.5) is 0 Å². The molecule has 3 unspecified atom stereocenters. The first-order valence-electron chi connectivity index (χ1n) is 10.2. The van der Waals surface area contributed by atoms with Crippen LogP contribution in [0.25, 0.3) is 11.3 Å². The van der Waals surface area contributed by atoms with E-state index in [-0.39, 0.29) is 12.1 Å². The van der Waals surface area contributed by atoms with E-state index >= 15 is 0 Å². The first kappa shape index (κ1) is 18.9. The van der Waals surface area contributed by atoms with Gasteiger partial charge in [0.05, 0.1) is 11.7 Å². The van der Waals surface area contributed by atoms with Crippen molar-refractivity contribution >= 4 is 15.9 Å². The molecule has 3 N–H and O–H groups in total. The predicted octanol–water partition coefficient (Wildman–Crippen LogP) is 4.31. The van der Waals surface area contributed by atoms with Gasteiger partial charge in [0.1, 0.15) is 11.9 Å². The molecule has 2 aromatic carbocycles. The second-order valence-corrected chi connectivity index (χ2v) is 8.93. The minimum atomic E-state index is -0.0145. The van der Waals surface area contributed by atoms with Gasteiger partial charge in [-0.2, -0.15) is 5.10 Å². The number of likely N-dealkylation sites (tertiary alicyclic amines) is 1. The standard InChI is InChI=1S/C23H25BrN4O/c24-16-7-8-22(19(13-16)20-9-10-26-27-20)29-23-18-6-2-1-4-15(18)12-21(23)28-11-3-5-17(25)14-28/h1-2,4,6-10,13,17,21,23H,3,5,11-12,14,25H2,(H,26,27). The third-order valence-electron chi connectivity index (χ3n) is 6.08. The minimum Gasteiger partial charge on any atom is -0.483 e. The minimum absolute atomic E-state index is 0.0145. The van der Waals surface area contributed by atoms with E-state index in [2.05, 4.69) is 61.4 Å². The maximum absolute atomic E-state index is 6.76. The number of aromatic amines is 1. The highest BCUT2D eigenvalue weighted by Crippen LogP contribution is 2.41. The molecule has 1 saturated heterocycles. The molecule has 2 heterocycles. The fourth-order valence-corrected chi connectivity index (χ4v) is 5.06. The molecule has 3 aromatic rings. The Labute approximate surface area is 179 Å². The number of halogens is 1. The molecule has 1 fully saturated rings. The van der Waals surface area contributed by atoms with Gasteiger partial charge in [-0.3, -0.25) is 10.00 Å². The van der Waals surface area contributed by atoms with Gasteiger partial charge in [0.25, 0.3) is 0 Å². The lowest BCUT2D eigenvalue weighted by atomic mass is 10.0. The average molecular weight is 453 g/mol. The van der Waals surface area contributed by atoms with E-state index in [0.717, 1.165) is 53.8 Å². The monoisotopic (exact) mass is 452 g/mol. The third kappa shape index (κ3) is 3.72. The molecule has 1 aliphatic carbocycles. The summed E-state index contributed by atoms with van der Waals surface area (Å²) in [5.74, 6) is 0.866. The number of aromatic nitrogens is 2. The van der Waals surface area contributed by atoms with Gasteiger partial charge in [0.2, 0.25) is 0 Å². The summed E-state index contributed by atoms with van der Waals surface area (Å²) < 4.78 is 7.78. The molecule has 3 atom stereocenters. The average Bonchev–Trinajstić information content (AvgIpc) is 3.38. The number of fused-ring (bicyclic) bond motifs is 1. The van der Waals surface area contributed by atoms with Crippen molar-refractivity contribution in [2.75, 3.05) is 13.1 Å². The lowest BCUT2D eigenvalue weighted by Crippen LogP contribution is -2.49.